The first-order valence-electron chi connectivity index (χ1n) is 10.8. The van der Waals surface area contributed by atoms with Crippen molar-refractivity contribution in [3.8, 4) is 0 Å². The molecule has 2 aromatic heterocycles. The van der Waals surface area contributed by atoms with Crippen LogP contribution in [0.3, 0.4) is 0 Å². The maximum Gasteiger partial charge on any atom is 0.233 e. The largest absolute Gasteiger partial charge is 0.363 e. The van der Waals surface area contributed by atoms with Gasteiger partial charge >= 0.3 is 0 Å². The Bertz CT molecular complexity index is 1290. The molecule has 3 N–H and O–H groups in total. The van der Waals surface area contributed by atoms with Crippen molar-refractivity contribution in [1.82, 2.24) is 25.3 Å². The molecule has 1 unspecified atom stereocenters. The Labute approximate surface area is 216 Å². The van der Waals surface area contributed by atoms with Crippen molar-refractivity contribution in [2.45, 2.75) is 25.8 Å². The molecule has 0 aliphatic carbocycles. The van der Waals surface area contributed by atoms with Crippen LogP contribution >= 0.6 is 24.0 Å². The highest BCUT2D eigenvalue weighted by Crippen LogP contribution is 2.28. The summed E-state index contributed by atoms with van der Waals surface area (Å²) in [7, 11) is -2.06. The van der Waals surface area contributed by atoms with Gasteiger partial charge in [0.1, 0.15) is 10.7 Å². The summed E-state index contributed by atoms with van der Waals surface area (Å²) in [6.45, 7) is 4.32. The van der Waals surface area contributed by atoms with Gasteiger partial charge in [0.15, 0.2) is 11.6 Å². The Morgan fingerprint density at radius 1 is 1.23 bits per heavy atom. The number of hydrogen-bond donors (Lipinski definition) is 3. The van der Waals surface area contributed by atoms with Crippen molar-refractivity contribution in [3.63, 3.8) is 0 Å². The molecule has 3 aromatic rings. The normalized spacial score (nSPS) is 15.4. The zero-order valence-electron chi connectivity index (χ0n) is 19.6. The summed E-state index contributed by atoms with van der Waals surface area (Å²) in [5, 5.41) is 10.1. The first-order valence-corrected chi connectivity index (χ1v) is 13.1. The van der Waals surface area contributed by atoms with Crippen LogP contribution in [0.4, 0.5) is 23.3 Å². The van der Waals surface area contributed by atoms with E-state index in [1.807, 2.05) is 6.07 Å². The zero-order chi connectivity index (χ0) is 24.3. The molecule has 1 aromatic carbocycles. The van der Waals surface area contributed by atoms with Gasteiger partial charge in [-0.25, -0.2) is 18.4 Å². The minimum Gasteiger partial charge on any atom is -0.363 e. The first kappa shape index (κ1) is 26.9. The number of rotatable bonds is 7. The third-order valence-electron chi connectivity index (χ3n) is 5.67. The van der Waals surface area contributed by atoms with Gasteiger partial charge in [-0.05, 0) is 42.1 Å². The highest BCUT2D eigenvalue weighted by atomic mass is 35.5. The Hall–Kier alpha value is -2.73. The summed E-state index contributed by atoms with van der Waals surface area (Å²) in [4.78, 5) is 17.2. The van der Waals surface area contributed by atoms with Gasteiger partial charge in [-0.2, -0.15) is 4.98 Å². The zero-order valence-corrected chi connectivity index (χ0v) is 22.0. The summed E-state index contributed by atoms with van der Waals surface area (Å²) in [5.74, 6) is 1.47. The lowest BCUT2D eigenvalue weighted by Crippen LogP contribution is -2.27. The molecule has 13 heteroatoms. The maximum atomic E-state index is 11.9. The predicted octanol–water partition coefficient (Wildman–Crippen LogP) is 3.34. The lowest BCUT2D eigenvalue weighted by molar-refractivity contribution is 0.599. The quantitative estimate of drug-likeness (QED) is 0.415. The molecule has 188 valence electrons. The lowest BCUT2D eigenvalue weighted by Gasteiger charge is -2.18. The minimum absolute atomic E-state index is 0. The Morgan fingerprint density at radius 3 is 2.77 bits per heavy atom. The minimum atomic E-state index is -3.49. The smallest absolute Gasteiger partial charge is 0.233 e. The van der Waals surface area contributed by atoms with Crippen molar-refractivity contribution in [2.75, 3.05) is 41.3 Å². The molecule has 0 amide bonds. The number of sulfonamides is 1. The third-order valence-corrected chi connectivity index (χ3v) is 7.11. The first-order chi connectivity index (χ1) is 16.2. The predicted molar refractivity (Wildman–Crippen MR) is 142 cm³/mol. The molecule has 4 rings (SSSR count). The summed E-state index contributed by atoms with van der Waals surface area (Å²) >= 11 is 6.30. The number of nitrogens with zero attached hydrogens (tertiary/aromatic N) is 5. The van der Waals surface area contributed by atoms with E-state index in [2.05, 4.69) is 54.9 Å². The number of fused-ring (bicyclic) bond motifs is 1. The van der Waals surface area contributed by atoms with Crippen LogP contribution in [0.2, 0.25) is 5.02 Å². The molecule has 0 saturated carbocycles. The van der Waals surface area contributed by atoms with Gasteiger partial charge in [-0.3, -0.25) is 9.29 Å². The molecule has 3 heterocycles. The SMILES string of the molecule is CC1CNCCc2cc(Nc3ncc(Cl)c(NCc4nccnc4N(C)S(C)(=O)=O)n3)ccc21.Cl. The Kier molecular flexibility index (Phi) is 8.70. The van der Waals surface area contributed by atoms with Gasteiger partial charge in [0.05, 0.1) is 19.0 Å². The lowest BCUT2D eigenvalue weighted by atomic mass is 9.95. The summed E-state index contributed by atoms with van der Waals surface area (Å²) in [6, 6.07) is 6.31. The van der Waals surface area contributed by atoms with E-state index in [1.165, 1.54) is 36.8 Å². The molecule has 1 aliphatic heterocycles. The van der Waals surface area contributed by atoms with E-state index in [1.54, 1.807) is 0 Å². The topological polar surface area (TPSA) is 125 Å². The van der Waals surface area contributed by atoms with E-state index in [9.17, 15) is 8.42 Å². The summed E-state index contributed by atoms with van der Waals surface area (Å²) in [6.07, 6.45) is 6.52. The number of anilines is 4. The molecular formula is C22H28Cl2N8O2S. The van der Waals surface area contributed by atoms with Crippen LogP contribution in [-0.4, -0.2) is 54.7 Å². The number of benzene rings is 1. The van der Waals surface area contributed by atoms with Crippen LogP contribution in [0.15, 0.2) is 36.8 Å². The van der Waals surface area contributed by atoms with Crippen molar-refractivity contribution in [1.29, 1.82) is 0 Å². The molecule has 0 spiro atoms. The van der Waals surface area contributed by atoms with Gasteiger partial charge < -0.3 is 16.0 Å². The Balaban J connectivity index is 0.00000342. The number of nitrogens with one attached hydrogen (secondary N) is 3. The fraction of sp³-hybridized carbons (Fsp3) is 0.364. The van der Waals surface area contributed by atoms with Crippen LogP contribution in [0.5, 0.6) is 0 Å². The number of hydrogen-bond acceptors (Lipinski definition) is 9. The highest BCUT2D eigenvalue weighted by molar-refractivity contribution is 7.92. The van der Waals surface area contributed by atoms with Crippen LogP contribution in [-0.2, 0) is 23.0 Å². The fourth-order valence-electron chi connectivity index (χ4n) is 3.78. The molecule has 10 nitrogen and oxygen atoms in total. The standard InChI is InChI=1S/C22H27ClN8O2S.ClH/c1-14-11-24-7-6-15-10-16(4-5-17(14)15)29-22-28-12-18(23)20(30-22)27-13-19-21(26-9-8-25-19)31(2)34(3,32)33;/h4-5,8-10,12,14,24H,6-7,11,13H2,1-3H3,(H2,27,28,29,30);1H. The molecule has 1 aliphatic rings. The summed E-state index contributed by atoms with van der Waals surface area (Å²) < 4.78 is 25.0. The second kappa shape index (κ2) is 11.3. The van der Waals surface area contributed by atoms with Gasteiger partial charge in [0.2, 0.25) is 16.0 Å². The molecule has 0 fully saturated rings. The van der Waals surface area contributed by atoms with E-state index in [0.717, 1.165) is 35.8 Å². The van der Waals surface area contributed by atoms with Gasteiger partial charge in [-0.1, -0.05) is 24.6 Å². The van der Waals surface area contributed by atoms with Gasteiger partial charge in [0.25, 0.3) is 0 Å². The summed E-state index contributed by atoms with van der Waals surface area (Å²) in [5.41, 5.74) is 3.99. The van der Waals surface area contributed by atoms with Crippen LogP contribution < -0.4 is 20.3 Å². The van der Waals surface area contributed by atoms with Crippen LogP contribution in [0, 0.1) is 0 Å². The van der Waals surface area contributed by atoms with E-state index in [4.69, 9.17) is 11.6 Å². The van der Waals surface area contributed by atoms with Crippen LogP contribution in [0.1, 0.15) is 29.7 Å². The van der Waals surface area contributed by atoms with Crippen LogP contribution in [0.25, 0.3) is 0 Å². The van der Waals surface area contributed by atoms with Crippen molar-refractivity contribution >= 4 is 57.3 Å². The molecule has 0 saturated heterocycles. The highest BCUT2D eigenvalue weighted by Gasteiger charge is 2.19. The monoisotopic (exact) mass is 538 g/mol. The Morgan fingerprint density at radius 2 is 2.00 bits per heavy atom. The van der Waals surface area contributed by atoms with Crippen molar-refractivity contribution in [2.24, 2.45) is 0 Å². The van der Waals surface area contributed by atoms with E-state index < -0.39 is 10.0 Å². The second-order valence-corrected chi connectivity index (χ2v) is 10.6. The molecule has 35 heavy (non-hydrogen) atoms. The maximum absolute atomic E-state index is 11.9. The van der Waals surface area contributed by atoms with E-state index >= 15 is 0 Å². The molecular weight excluding hydrogens is 511 g/mol. The molecule has 0 radical (unpaired) electrons. The van der Waals surface area contributed by atoms with Gasteiger partial charge in [0, 0.05) is 31.7 Å². The van der Waals surface area contributed by atoms with Crippen molar-refractivity contribution in [3.05, 3.63) is 58.6 Å². The second-order valence-electron chi connectivity index (χ2n) is 8.19. The van der Waals surface area contributed by atoms with Gasteiger partial charge in [-0.15, -0.1) is 12.4 Å². The number of aromatic nitrogens is 4. The average molecular weight is 539 g/mol. The number of halogens is 2. The molecule has 1 atom stereocenters. The third kappa shape index (κ3) is 6.49. The molecule has 0 bridgehead atoms. The van der Waals surface area contributed by atoms with Crippen molar-refractivity contribution < 1.29 is 8.42 Å². The van der Waals surface area contributed by atoms with E-state index in [-0.39, 0.29) is 24.8 Å². The average Bonchev–Trinajstić information content (AvgIpc) is 2.99. The fourth-order valence-corrected chi connectivity index (χ4v) is 4.41. The van der Waals surface area contributed by atoms with E-state index in [0.29, 0.717) is 28.4 Å².